The summed E-state index contributed by atoms with van der Waals surface area (Å²) >= 11 is -1.20. The molecule has 0 aliphatic carbocycles. The first kappa shape index (κ1) is 22.8. The fourth-order valence-corrected chi connectivity index (χ4v) is 12.7. The molecule has 132 valence electrons. The normalized spacial score (nSPS) is 11.6. The second kappa shape index (κ2) is 16.6. The minimum absolute atomic E-state index is 1.20. The molecule has 0 N–H and O–H groups in total. The van der Waals surface area contributed by atoms with Crippen molar-refractivity contribution in [2.24, 2.45) is 0 Å². The summed E-state index contributed by atoms with van der Waals surface area (Å²) in [7, 11) is 0. The van der Waals surface area contributed by atoms with Gasteiger partial charge in [-0.3, -0.25) is 0 Å². The molecular weight excluding hydrogens is 371 g/mol. The zero-order valence-electron chi connectivity index (χ0n) is 16.4. The second-order valence-corrected chi connectivity index (χ2v) is 16.7. The van der Waals surface area contributed by atoms with Crippen molar-refractivity contribution in [1.82, 2.24) is 9.80 Å². The van der Waals surface area contributed by atoms with Crippen LogP contribution in [0.15, 0.2) is 0 Å². The third kappa shape index (κ3) is 12.2. The molecule has 0 fully saturated rings. The molecule has 0 atom stereocenters. The van der Waals surface area contributed by atoms with Gasteiger partial charge >= 0.3 is 150 Å². The topological polar surface area (TPSA) is 6.48 Å². The predicted octanol–water partition coefficient (Wildman–Crippen LogP) is 5.14. The molecule has 3 heteroatoms. The van der Waals surface area contributed by atoms with Crippen LogP contribution < -0.4 is 0 Å². The number of hydrogen-bond acceptors (Lipinski definition) is 2. The van der Waals surface area contributed by atoms with Crippen molar-refractivity contribution in [3.63, 3.8) is 0 Å². The zero-order chi connectivity index (χ0) is 16.6. The molecule has 0 aromatic heterocycles. The summed E-state index contributed by atoms with van der Waals surface area (Å²) in [6.45, 7) is 19.4. The van der Waals surface area contributed by atoms with Gasteiger partial charge in [0.1, 0.15) is 0 Å². The van der Waals surface area contributed by atoms with Gasteiger partial charge in [-0.2, -0.15) is 0 Å². The van der Waals surface area contributed by atoms with Gasteiger partial charge < -0.3 is 0 Å². The monoisotopic (exact) mass is 414 g/mol. The Balaban J connectivity index is 3.94. The molecule has 0 rings (SSSR count). The molecule has 0 aliphatic rings. The molecule has 0 aliphatic heterocycles. The van der Waals surface area contributed by atoms with E-state index in [-0.39, 0.29) is 0 Å². The summed E-state index contributed by atoms with van der Waals surface area (Å²) in [5, 5.41) is 0. The van der Waals surface area contributed by atoms with Gasteiger partial charge in [0.05, 0.1) is 0 Å². The fourth-order valence-electron chi connectivity index (χ4n) is 3.54. The SMILES string of the molecule is CCCN(CC)CC[CH2][In]([CH2]CC)[CH2]CCN(CC)CCC. The molecule has 0 radical (unpaired) electrons. The maximum absolute atomic E-state index is 2.65. The molecular formula is C19H43InN2. The molecule has 0 bridgehead atoms. The van der Waals surface area contributed by atoms with Crippen LogP contribution in [0.3, 0.4) is 0 Å². The van der Waals surface area contributed by atoms with Crippen molar-refractivity contribution < 1.29 is 0 Å². The van der Waals surface area contributed by atoms with E-state index in [0.717, 1.165) is 0 Å². The van der Waals surface area contributed by atoms with Gasteiger partial charge in [-0.1, -0.05) is 0 Å². The predicted molar refractivity (Wildman–Crippen MR) is 105 cm³/mol. The summed E-state index contributed by atoms with van der Waals surface area (Å²) in [4.78, 5) is 5.30. The Hall–Kier alpha value is 0.790. The second-order valence-electron chi connectivity index (χ2n) is 6.81. The zero-order valence-corrected chi connectivity index (χ0v) is 19.7. The summed E-state index contributed by atoms with van der Waals surface area (Å²) < 4.78 is 4.94. The van der Waals surface area contributed by atoms with E-state index in [2.05, 4.69) is 44.4 Å². The molecule has 0 aromatic rings. The number of hydrogen-bond donors (Lipinski definition) is 0. The number of rotatable bonds is 16. The standard InChI is InChI=1S/2C8H18N.C3H7.In/c2*1-4-7-9(6-3)8-5-2;1-3-2;/h2*1,4-8H2,2-3H3;1,3H2,2H3;. The summed E-state index contributed by atoms with van der Waals surface area (Å²) in [6.07, 6.45) is 7.03. The molecule has 0 spiro atoms. The third-order valence-electron chi connectivity index (χ3n) is 4.84. The average molecular weight is 414 g/mol. The quantitative estimate of drug-likeness (QED) is 0.345. The van der Waals surface area contributed by atoms with Crippen LogP contribution in [0.4, 0.5) is 0 Å². The van der Waals surface area contributed by atoms with Crippen molar-refractivity contribution in [3.05, 3.63) is 0 Å². The van der Waals surface area contributed by atoms with Gasteiger partial charge in [-0.05, 0) is 0 Å². The van der Waals surface area contributed by atoms with Gasteiger partial charge in [0.25, 0.3) is 0 Å². The van der Waals surface area contributed by atoms with Crippen LogP contribution in [0, 0.1) is 0 Å². The van der Waals surface area contributed by atoms with Gasteiger partial charge in [0.2, 0.25) is 0 Å². The Labute approximate surface area is 149 Å². The van der Waals surface area contributed by atoms with E-state index in [1.54, 1.807) is 12.5 Å². The van der Waals surface area contributed by atoms with Crippen LogP contribution in [-0.2, 0) is 0 Å². The number of nitrogens with zero attached hydrogens (tertiary/aromatic N) is 2. The first-order valence-electron chi connectivity index (χ1n) is 10.2. The van der Waals surface area contributed by atoms with Crippen molar-refractivity contribution in [2.45, 2.75) is 79.3 Å². The fraction of sp³-hybridized carbons (Fsp3) is 1.00. The first-order valence-corrected chi connectivity index (χ1v) is 17.1. The van der Waals surface area contributed by atoms with Crippen molar-refractivity contribution >= 4 is 21.4 Å². The van der Waals surface area contributed by atoms with E-state index < -0.39 is 21.4 Å². The van der Waals surface area contributed by atoms with E-state index in [1.807, 2.05) is 0 Å². The molecule has 0 amide bonds. The van der Waals surface area contributed by atoms with Crippen LogP contribution in [-0.4, -0.2) is 70.5 Å². The van der Waals surface area contributed by atoms with E-state index in [9.17, 15) is 0 Å². The Bertz CT molecular complexity index is 203. The van der Waals surface area contributed by atoms with Crippen LogP contribution >= 0.6 is 0 Å². The Morgan fingerprint density at radius 3 is 1.32 bits per heavy atom. The van der Waals surface area contributed by atoms with Gasteiger partial charge in [0, 0.05) is 0 Å². The molecule has 0 heterocycles. The van der Waals surface area contributed by atoms with Gasteiger partial charge in [0.15, 0.2) is 0 Å². The maximum atomic E-state index is 2.65. The minimum atomic E-state index is -1.20. The average Bonchev–Trinajstić information content (AvgIpc) is 2.53. The third-order valence-corrected chi connectivity index (χ3v) is 15.8. The van der Waals surface area contributed by atoms with E-state index in [4.69, 9.17) is 0 Å². The Kier molecular flexibility index (Phi) is 17.2. The molecule has 0 unspecified atom stereocenters. The Morgan fingerprint density at radius 2 is 1.00 bits per heavy atom. The van der Waals surface area contributed by atoms with Crippen molar-refractivity contribution in [2.75, 3.05) is 39.3 Å². The van der Waals surface area contributed by atoms with Crippen molar-refractivity contribution in [3.8, 4) is 0 Å². The molecule has 0 saturated heterocycles. The van der Waals surface area contributed by atoms with Gasteiger partial charge in [-0.15, -0.1) is 0 Å². The van der Waals surface area contributed by atoms with Crippen molar-refractivity contribution in [1.29, 1.82) is 0 Å². The summed E-state index contributed by atoms with van der Waals surface area (Å²) in [6, 6.07) is 0. The first-order chi connectivity index (χ1) is 10.7. The molecule has 2 nitrogen and oxygen atoms in total. The van der Waals surface area contributed by atoms with Gasteiger partial charge in [-0.25, -0.2) is 0 Å². The van der Waals surface area contributed by atoms with Crippen LogP contribution in [0.25, 0.3) is 0 Å². The van der Waals surface area contributed by atoms with Crippen LogP contribution in [0.5, 0.6) is 0 Å². The molecule has 22 heavy (non-hydrogen) atoms. The molecule has 0 aromatic carbocycles. The molecule has 0 saturated carbocycles. The van der Waals surface area contributed by atoms with E-state index >= 15 is 0 Å². The van der Waals surface area contributed by atoms with Crippen LogP contribution in [0.1, 0.15) is 66.7 Å². The Morgan fingerprint density at radius 1 is 0.545 bits per heavy atom. The van der Waals surface area contributed by atoms with E-state index in [1.165, 1.54) is 71.4 Å². The summed E-state index contributed by atoms with van der Waals surface area (Å²) in [5.74, 6) is 0. The summed E-state index contributed by atoms with van der Waals surface area (Å²) in [5.41, 5.74) is 0. The van der Waals surface area contributed by atoms with Crippen LogP contribution in [0.2, 0.25) is 12.5 Å². The van der Waals surface area contributed by atoms with E-state index in [0.29, 0.717) is 0 Å².